The van der Waals surface area contributed by atoms with Gasteiger partial charge in [0, 0.05) is 32.8 Å². The number of rotatable bonds is 4. The van der Waals surface area contributed by atoms with Crippen LogP contribution in [0.5, 0.6) is 0 Å². The Bertz CT molecular complexity index is 963. The molecule has 7 heteroatoms. The Kier molecular flexibility index (Phi) is 4.12. The van der Waals surface area contributed by atoms with Crippen molar-refractivity contribution in [1.82, 2.24) is 24.8 Å². The van der Waals surface area contributed by atoms with Gasteiger partial charge in [0.25, 0.3) is 0 Å². The van der Waals surface area contributed by atoms with Crippen molar-refractivity contribution < 1.29 is 9.59 Å². The average molecular weight is 349 g/mol. The Balaban J connectivity index is 1.42. The molecule has 132 valence electrons. The lowest BCUT2D eigenvalue weighted by atomic mass is 10.1. The Morgan fingerprint density at radius 1 is 1.23 bits per heavy atom. The smallest absolute Gasteiger partial charge is 0.225 e. The SMILES string of the molecule is CN1C[C@H](C(=O)NCc2ccc(-n3cnc4ccccc43)nc2)CC1=O. The second kappa shape index (κ2) is 6.59. The third kappa shape index (κ3) is 3.03. The van der Waals surface area contributed by atoms with Crippen molar-refractivity contribution in [3.63, 3.8) is 0 Å². The first-order valence-corrected chi connectivity index (χ1v) is 8.51. The summed E-state index contributed by atoms with van der Waals surface area (Å²) < 4.78 is 1.93. The van der Waals surface area contributed by atoms with E-state index in [1.54, 1.807) is 24.5 Å². The van der Waals surface area contributed by atoms with Gasteiger partial charge in [0.15, 0.2) is 0 Å². The van der Waals surface area contributed by atoms with Gasteiger partial charge in [-0.05, 0) is 23.8 Å². The molecule has 0 aliphatic carbocycles. The minimum atomic E-state index is -0.267. The molecule has 3 heterocycles. The number of benzene rings is 1. The van der Waals surface area contributed by atoms with E-state index in [1.165, 1.54) is 0 Å². The molecule has 1 fully saturated rings. The normalized spacial score (nSPS) is 17.0. The Morgan fingerprint density at radius 2 is 2.08 bits per heavy atom. The molecular weight excluding hydrogens is 330 g/mol. The van der Waals surface area contributed by atoms with Crippen molar-refractivity contribution >= 4 is 22.8 Å². The largest absolute Gasteiger partial charge is 0.352 e. The predicted molar refractivity (Wildman–Crippen MR) is 96.5 cm³/mol. The highest BCUT2D eigenvalue weighted by Crippen LogP contribution is 2.17. The molecule has 1 N–H and O–H groups in total. The molecule has 0 radical (unpaired) electrons. The molecule has 7 nitrogen and oxygen atoms in total. The van der Waals surface area contributed by atoms with Crippen LogP contribution < -0.4 is 5.32 Å². The van der Waals surface area contributed by atoms with E-state index in [-0.39, 0.29) is 24.2 Å². The molecule has 0 spiro atoms. The summed E-state index contributed by atoms with van der Waals surface area (Å²) in [4.78, 5) is 34.2. The van der Waals surface area contributed by atoms with E-state index in [0.717, 1.165) is 22.4 Å². The summed E-state index contributed by atoms with van der Waals surface area (Å²) in [5.74, 6) is 0.435. The van der Waals surface area contributed by atoms with Crippen molar-refractivity contribution in [2.75, 3.05) is 13.6 Å². The van der Waals surface area contributed by atoms with Gasteiger partial charge in [0.05, 0.1) is 17.0 Å². The number of nitrogens with zero attached hydrogens (tertiary/aromatic N) is 4. The average Bonchev–Trinajstić information content (AvgIpc) is 3.24. The number of pyridine rings is 1. The maximum absolute atomic E-state index is 12.2. The van der Waals surface area contributed by atoms with E-state index < -0.39 is 0 Å². The summed E-state index contributed by atoms with van der Waals surface area (Å²) in [6.45, 7) is 0.876. The van der Waals surface area contributed by atoms with Gasteiger partial charge in [-0.15, -0.1) is 0 Å². The highest BCUT2D eigenvalue weighted by Gasteiger charge is 2.31. The minimum Gasteiger partial charge on any atom is -0.352 e. The molecule has 0 saturated carbocycles. The molecule has 26 heavy (non-hydrogen) atoms. The summed E-state index contributed by atoms with van der Waals surface area (Å²) in [5.41, 5.74) is 2.82. The van der Waals surface area contributed by atoms with E-state index in [0.29, 0.717) is 13.1 Å². The summed E-state index contributed by atoms with van der Waals surface area (Å²) in [5, 5.41) is 2.89. The number of hydrogen-bond donors (Lipinski definition) is 1. The van der Waals surface area contributed by atoms with Crippen LogP contribution in [0.2, 0.25) is 0 Å². The van der Waals surface area contributed by atoms with Gasteiger partial charge < -0.3 is 10.2 Å². The van der Waals surface area contributed by atoms with Gasteiger partial charge in [-0.1, -0.05) is 18.2 Å². The molecule has 1 aromatic carbocycles. The number of nitrogens with one attached hydrogen (secondary N) is 1. The van der Waals surface area contributed by atoms with Crippen LogP contribution in [0.4, 0.5) is 0 Å². The number of carbonyl (C=O) groups excluding carboxylic acids is 2. The number of carbonyl (C=O) groups is 2. The fourth-order valence-electron chi connectivity index (χ4n) is 3.18. The van der Waals surface area contributed by atoms with Crippen molar-refractivity contribution in [3.05, 3.63) is 54.5 Å². The third-order valence-corrected chi connectivity index (χ3v) is 4.69. The van der Waals surface area contributed by atoms with Crippen molar-refractivity contribution in [2.24, 2.45) is 5.92 Å². The fourth-order valence-corrected chi connectivity index (χ4v) is 3.18. The summed E-state index contributed by atoms with van der Waals surface area (Å²) >= 11 is 0. The van der Waals surface area contributed by atoms with Crippen molar-refractivity contribution in [2.45, 2.75) is 13.0 Å². The van der Waals surface area contributed by atoms with Crippen molar-refractivity contribution in [1.29, 1.82) is 0 Å². The van der Waals surface area contributed by atoms with Gasteiger partial charge in [0.2, 0.25) is 11.8 Å². The Labute approximate surface area is 150 Å². The van der Waals surface area contributed by atoms with Gasteiger partial charge in [-0.3, -0.25) is 14.2 Å². The Morgan fingerprint density at radius 3 is 2.81 bits per heavy atom. The van der Waals surface area contributed by atoms with Crippen molar-refractivity contribution in [3.8, 4) is 5.82 Å². The molecule has 1 atom stereocenters. The quantitative estimate of drug-likeness (QED) is 0.774. The zero-order valence-electron chi connectivity index (χ0n) is 14.4. The first-order valence-electron chi connectivity index (χ1n) is 8.51. The van der Waals surface area contributed by atoms with Crippen LogP contribution in [0.25, 0.3) is 16.9 Å². The monoisotopic (exact) mass is 349 g/mol. The number of imidazole rings is 1. The van der Waals surface area contributed by atoms with E-state index in [9.17, 15) is 9.59 Å². The lowest BCUT2D eigenvalue weighted by Gasteiger charge is -2.11. The highest BCUT2D eigenvalue weighted by atomic mass is 16.2. The van der Waals surface area contributed by atoms with Crippen LogP contribution in [0, 0.1) is 5.92 Å². The van der Waals surface area contributed by atoms with Crippen LogP contribution in [-0.4, -0.2) is 44.8 Å². The number of para-hydroxylation sites is 2. The number of aromatic nitrogens is 3. The van der Waals surface area contributed by atoms with Crippen LogP contribution in [0.3, 0.4) is 0 Å². The van der Waals surface area contributed by atoms with Gasteiger partial charge in [-0.25, -0.2) is 9.97 Å². The topological polar surface area (TPSA) is 80.1 Å². The molecule has 2 aromatic heterocycles. The van der Waals surface area contributed by atoms with Crippen LogP contribution >= 0.6 is 0 Å². The first-order chi connectivity index (χ1) is 12.6. The molecule has 1 saturated heterocycles. The van der Waals surface area contributed by atoms with E-state index in [1.807, 2.05) is 41.0 Å². The number of amides is 2. The zero-order chi connectivity index (χ0) is 18.1. The van der Waals surface area contributed by atoms with Crippen LogP contribution in [0.15, 0.2) is 48.9 Å². The molecule has 3 aromatic rings. The maximum atomic E-state index is 12.2. The lowest BCUT2D eigenvalue weighted by Crippen LogP contribution is -2.31. The molecular formula is C19H19N5O2. The minimum absolute atomic E-state index is 0.0173. The standard InChI is InChI=1S/C19H19N5O2/c1-23-11-14(8-18(23)25)19(26)21-10-13-6-7-17(20-9-13)24-12-22-15-4-2-3-5-16(15)24/h2-7,9,12,14H,8,10-11H2,1H3,(H,21,26)/t14-/m1/s1. The zero-order valence-corrected chi connectivity index (χ0v) is 14.4. The third-order valence-electron chi connectivity index (χ3n) is 4.69. The number of hydrogen-bond acceptors (Lipinski definition) is 4. The van der Waals surface area contributed by atoms with Gasteiger partial charge in [-0.2, -0.15) is 0 Å². The summed E-state index contributed by atoms with van der Waals surface area (Å²) in [6.07, 6.45) is 3.78. The lowest BCUT2D eigenvalue weighted by molar-refractivity contribution is -0.128. The molecule has 4 rings (SSSR count). The number of likely N-dealkylation sites (tertiary alicyclic amines) is 1. The van der Waals surface area contributed by atoms with E-state index in [4.69, 9.17) is 0 Å². The Hall–Kier alpha value is -3.22. The molecule has 0 bridgehead atoms. The molecule has 2 amide bonds. The second-order valence-corrected chi connectivity index (χ2v) is 6.52. The van der Waals surface area contributed by atoms with E-state index in [2.05, 4.69) is 15.3 Å². The highest BCUT2D eigenvalue weighted by molar-refractivity contribution is 5.89. The van der Waals surface area contributed by atoms with Gasteiger partial charge in [0.1, 0.15) is 12.1 Å². The van der Waals surface area contributed by atoms with Crippen LogP contribution in [0.1, 0.15) is 12.0 Å². The predicted octanol–water partition coefficient (Wildman–Crippen LogP) is 1.51. The maximum Gasteiger partial charge on any atom is 0.225 e. The first kappa shape index (κ1) is 16.3. The summed E-state index contributed by atoms with van der Waals surface area (Å²) in [7, 11) is 1.72. The molecule has 1 aliphatic rings. The van der Waals surface area contributed by atoms with Crippen LogP contribution in [-0.2, 0) is 16.1 Å². The van der Waals surface area contributed by atoms with Gasteiger partial charge >= 0.3 is 0 Å². The molecule has 0 unspecified atom stereocenters. The fraction of sp³-hybridized carbons (Fsp3) is 0.263. The molecule has 1 aliphatic heterocycles. The second-order valence-electron chi connectivity index (χ2n) is 6.52. The number of fused-ring (bicyclic) bond motifs is 1. The van der Waals surface area contributed by atoms with E-state index >= 15 is 0 Å². The summed E-state index contributed by atoms with van der Waals surface area (Å²) in [6, 6.07) is 11.7.